The number of pyridine rings is 1. The van der Waals surface area contributed by atoms with Gasteiger partial charge in [0.1, 0.15) is 0 Å². The molecule has 1 unspecified atom stereocenters. The first kappa shape index (κ1) is 18.6. The molecule has 0 radical (unpaired) electrons. The zero-order valence-electron chi connectivity index (χ0n) is 14.2. The van der Waals surface area contributed by atoms with Crippen LogP contribution in [0.2, 0.25) is 0 Å². The zero-order valence-corrected chi connectivity index (χ0v) is 14.2. The van der Waals surface area contributed by atoms with Crippen molar-refractivity contribution in [1.29, 1.82) is 0 Å². The number of halogens is 3. The maximum Gasteiger partial charge on any atom is 0.471 e. The van der Waals surface area contributed by atoms with Gasteiger partial charge in [-0.25, -0.2) is 0 Å². The largest absolute Gasteiger partial charge is 0.471 e. The van der Waals surface area contributed by atoms with Crippen LogP contribution in [0.4, 0.5) is 13.2 Å². The molecule has 1 saturated heterocycles. The summed E-state index contributed by atoms with van der Waals surface area (Å²) in [5.41, 5.74) is -0.138. The van der Waals surface area contributed by atoms with Gasteiger partial charge in [0.05, 0.1) is 13.2 Å². The SMILES string of the molecule is CC(CN1CCOCC1)Cn1ccc(-c2noc(C(F)(F)F)n2)cc1=O. The molecule has 0 N–H and O–H groups in total. The second-order valence-corrected chi connectivity index (χ2v) is 6.35. The highest BCUT2D eigenvalue weighted by atomic mass is 19.4. The standard InChI is InChI=1S/C16H19F3N4O3/c1-11(9-22-4-6-25-7-5-22)10-23-3-2-12(8-13(23)24)14-20-15(26-21-14)16(17,18)19/h2-3,8,11H,4-7,9-10H2,1H3. The van der Waals surface area contributed by atoms with Crippen LogP contribution in [-0.2, 0) is 17.5 Å². The van der Waals surface area contributed by atoms with Crippen molar-refractivity contribution in [2.45, 2.75) is 19.6 Å². The molecular weight excluding hydrogens is 353 g/mol. The maximum absolute atomic E-state index is 12.5. The molecule has 2 aromatic heterocycles. The summed E-state index contributed by atoms with van der Waals surface area (Å²) in [6.07, 6.45) is -3.17. The van der Waals surface area contributed by atoms with Crippen LogP contribution in [0.3, 0.4) is 0 Å². The van der Waals surface area contributed by atoms with Crippen LogP contribution in [0.15, 0.2) is 27.6 Å². The number of rotatable bonds is 5. The molecule has 1 aliphatic heterocycles. The highest BCUT2D eigenvalue weighted by molar-refractivity contribution is 5.52. The molecule has 142 valence electrons. The van der Waals surface area contributed by atoms with E-state index < -0.39 is 12.1 Å². The van der Waals surface area contributed by atoms with E-state index in [1.807, 2.05) is 6.92 Å². The molecule has 26 heavy (non-hydrogen) atoms. The van der Waals surface area contributed by atoms with Crippen molar-refractivity contribution in [3.63, 3.8) is 0 Å². The third-order valence-corrected chi connectivity index (χ3v) is 4.10. The van der Waals surface area contributed by atoms with E-state index in [2.05, 4.69) is 19.6 Å². The third kappa shape index (κ3) is 4.50. The normalized spacial score (nSPS) is 17.4. The summed E-state index contributed by atoms with van der Waals surface area (Å²) < 4.78 is 48.6. The molecule has 0 saturated carbocycles. The molecule has 10 heteroatoms. The Morgan fingerprint density at radius 3 is 2.62 bits per heavy atom. The Balaban J connectivity index is 1.67. The molecule has 1 fully saturated rings. The fourth-order valence-corrected chi connectivity index (χ4v) is 2.87. The van der Waals surface area contributed by atoms with Crippen LogP contribution in [0.25, 0.3) is 11.4 Å². The van der Waals surface area contributed by atoms with Gasteiger partial charge in [-0.2, -0.15) is 18.2 Å². The van der Waals surface area contributed by atoms with Crippen LogP contribution < -0.4 is 5.56 Å². The van der Waals surface area contributed by atoms with Crippen molar-refractivity contribution in [1.82, 2.24) is 19.6 Å². The quantitative estimate of drug-likeness (QED) is 0.798. The van der Waals surface area contributed by atoms with Crippen LogP contribution in [-0.4, -0.2) is 52.5 Å². The van der Waals surface area contributed by atoms with E-state index in [1.54, 1.807) is 0 Å². The first-order valence-electron chi connectivity index (χ1n) is 8.25. The summed E-state index contributed by atoms with van der Waals surface area (Å²) in [6, 6.07) is 2.72. The molecule has 1 aliphatic rings. The van der Waals surface area contributed by atoms with Crippen molar-refractivity contribution in [2.24, 2.45) is 5.92 Å². The number of alkyl halides is 3. The highest BCUT2D eigenvalue weighted by Gasteiger charge is 2.38. The number of hydrogen-bond acceptors (Lipinski definition) is 6. The van der Waals surface area contributed by atoms with E-state index in [0.29, 0.717) is 19.8 Å². The molecule has 2 aromatic rings. The van der Waals surface area contributed by atoms with E-state index in [9.17, 15) is 18.0 Å². The lowest BCUT2D eigenvalue weighted by Gasteiger charge is -2.29. The lowest BCUT2D eigenvalue weighted by molar-refractivity contribution is -0.159. The third-order valence-electron chi connectivity index (χ3n) is 4.10. The average Bonchev–Trinajstić information content (AvgIpc) is 3.08. The summed E-state index contributed by atoms with van der Waals surface area (Å²) in [7, 11) is 0. The van der Waals surface area contributed by atoms with Crippen molar-refractivity contribution in [3.05, 3.63) is 34.6 Å². The molecule has 0 amide bonds. The van der Waals surface area contributed by atoms with Crippen LogP contribution in [0.5, 0.6) is 0 Å². The zero-order chi connectivity index (χ0) is 18.7. The maximum atomic E-state index is 12.5. The molecule has 1 atom stereocenters. The lowest BCUT2D eigenvalue weighted by atomic mass is 10.1. The van der Waals surface area contributed by atoms with Gasteiger partial charge in [-0.15, -0.1) is 0 Å². The lowest BCUT2D eigenvalue weighted by Crippen LogP contribution is -2.40. The first-order chi connectivity index (χ1) is 12.3. The van der Waals surface area contributed by atoms with Gasteiger partial charge in [-0.1, -0.05) is 12.1 Å². The van der Waals surface area contributed by atoms with Gasteiger partial charge in [0.15, 0.2) is 0 Å². The summed E-state index contributed by atoms with van der Waals surface area (Å²) in [6.45, 7) is 6.57. The van der Waals surface area contributed by atoms with Gasteiger partial charge in [-0.05, 0) is 12.0 Å². The Labute approximate surface area is 147 Å². The molecule has 0 spiro atoms. The summed E-state index contributed by atoms with van der Waals surface area (Å²) in [4.78, 5) is 17.8. The molecular formula is C16H19F3N4O3. The van der Waals surface area contributed by atoms with Crippen molar-refractivity contribution in [3.8, 4) is 11.4 Å². The number of hydrogen-bond donors (Lipinski definition) is 0. The number of nitrogens with zero attached hydrogens (tertiary/aromatic N) is 4. The highest BCUT2D eigenvalue weighted by Crippen LogP contribution is 2.29. The van der Waals surface area contributed by atoms with Gasteiger partial charge in [0.25, 0.3) is 5.56 Å². The second-order valence-electron chi connectivity index (χ2n) is 6.35. The van der Waals surface area contributed by atoms with Crippen molar-refractivity contribution >= 4 is 0 Å². The fourth-order valence-electron chi connectivity index (χ4n) is 2.87. The molecule has 3 heterocycles. The van der Waals surface area contributed by atoms with Crippen LogP contribution in [0.1, 0.15) is 12.8 Å². The predicted octanol–water partition coefficient (Wildman–Crippen LogP) is 1.89. The Bertz CT molecular complexity index is 797. The van der Waals surface area contributed by atoms with Gasteiger partial charge in [0, 0.05) is 44.0 Å². The summed E-state index contributed by atoms with van der Waals surface area (Å²) in [5, 5.41) is 3.29. The van der Waals surface area contributed by atoms with E-state index in [4.69, 9.17) is 4.74 Å². The molecule has 3 rings (SSSR count). The minimum Gasteiger partial charge on any atom is -0.379 e. The Hall–Kier alpha value is -2.20. The molecule has 0 aliphatic carbocycles. The number of morpholine rings is 1. The van der Waals surface area contributed by atoms with E-state index in [0.717, 1.165) is 19.6 Å². The van der Waals surface area contributed by atoms with Crippen molar-refractivity contribution < 1.29 is 22.4 Å². The van der Waals surface area contributed by atoms with E-state index in [-0.39, 0.29) is 22.9 Å². The average molecular weight is 372 g/mol. The van der Waals surface area contributed by atoms with Crippen LogP contribution in [0, 0.1) is 5.92 Å². The predicted molar refractivity (Wildman–Crippen MR) is 85.4 cm³/mol. The van der Waals surface area contributed by atoms with Crippen molar-refractivity contribution in [2.75, 3.05) is 32.8 Å². The molecule has 7 nitrogen and oxygen atoms in total. The monoisotopic (exact) mass is 372 g/mol. The minimum atomic E-state index is -4.71. The Morgan fingerprint density at radius 1 is 1.27 bits per heavy atom. The smallest absolute Gasteiger partial charge is 0.379 e. The van der Waals surface area contributed by atoms with Gasteiger partial charge in [0.2, 0.25) is 5.82 Å². The van der Waals surface area contributed by atoms with Gasteiger partial charge < -0.3 is 13.8 Å². The first-order valence-corrected chi connectivity index (χ1v) is 8.25. The van der Waals surface area contributed by atoms with Gasteiger partial charge >= 0.3 is 12.1 Å². The molecule has 0 aromatic carbocycles. The summed E-state index contributed by atoms with van der Waals surface area (Å²) >= 11 is 0. The topological polar surface area (TPSA) is 73.4 Å². The summed E-state index contributed by atoms with van der Waals surface area (Å²) in [5.74, 6) is -1.46. The second kappa shape index (κ2) is 7.58. The number of aromatic nitrogens is 3. The Morgan fingerprint density at radius 2 is 2.00 bits per heavy atom. The van der Waals surface area contributed by atoms with E-state index >= 15 is 0 Å². The Kier molecular flexibility index (Phi) is 5.42. The van der Waals surface area contributed by atoms with Gasteiger partial charge in [-0.3, -0.25) is 9.69 Å². The minimum absolute atomic E-state index is 0.186. The fraction of sp³-hybridized carbons (Fsp3) is 0.562. The van der Waals surface area contributed by atoms with E-state index in [1.165, 1.54) is 22.9 Å². The van der Waals surface area contributed by atoms with Crippen LogP contribution >= 0.6 is 0 Å². The number of ether oxygens (including phenoxy) is 1. The molecule has 0 bridgehead atoms.